The van der Waals surface area contributed by atoms with Crippen molar-refractivity contribution >= 4 is 11.3 Å². The van der Waals surface area contributed by atoms with Crippen molar-refractivity contribution in [3.05, 3.63) is 16.6 Å². The van der Waals surface area contributed by atoms with Crippen LogP contribution in [-0.2, 0) is 6.54 Å². The third-order valence-corrected chi connectivity index (χ3v) is 4.38. The second-order valence-electron chi connectivity index (χ2n) is 5.06. The van der Waals surface area contributed by atoms with E-state index in [0.29, 0.717) is 5.41 Å². The molecule has 2 rings (SSSR count). The zero-order valence-corrected chi connectivity index (χ0v) is 11.5. The van der Waals surface area contributed by atoms with E-state index >= 15 is 0 Å². The Bertz CT molecular complexity index is 299. The number of hydrogen-bond donors (Lipinski definition) is 2. The number of thiazole rings is 1. The van der Waals surface area contributed by atoms with E-state index in [4.69, 9.17) is 0 Å². The Morgan fingerprint density at radius 2 is 2.53 bits per heavy atom. The van der Waals surface area contributed by atoms with Gasteiger partial charge in [0, 0.05) is 31.2 Å². The van der Waals surface area contributed by atoms with Crippen molar-refractivity contribution in [1.82, 2.24) is 15.6 Å². The Morgan fingerprint density at radius 3 is 3.18 bits per heavy atom. The first-order valence-electron chi connectivity index (χ1n) is 6.64. The summed E-state index contributed by atoms with van der Waals surface area (Å²) < 4.78 is 0. The number of aromatic nitrogens is 1. The molecule has 0 saturated carbocycles. The average Bonchev–Trinajstić information content (AvgIpc) is 2.84. The van der Waals surface area contributed by atoms with Gasteiger partial charge in [-0.25, -0.2) is 4.98 Å². The summed E-state index contributed by atoms with van der Waals surface area (Å²) in [4.78, 5) is 4.31. The van der Waals surface area contributed by atoms with Gasteiger partial charge in [-0.05, 0) is 31.2 Å². The van der Waals surface area contributed by atoms with E-state index in [0.717, 1.165) is 13.1 Å². The molecule has 0 bridgehead atoms. The Balaban J connectivity index is 1.80. The molecular formula is C13H23N3S. The second-order valence-corrected chi connectivity index (χ2v) is 6.04. The zero-order chi connectivity index (χ0) is 12.0. The molecule has 0 radical (unpaired) electrons. The van der Waals surface area contributed by atoms with Crippen molar-refractivity contribution in [2.24, 2.45) is 5.41 Å². The van der Waals surface area contributed by atoms with Crippen LogP contribution in [0.3, 0.4) is 0 Å². The zero-order valence-electron chi connectivity index (χ0n) is 10.7. The molecular weight excluding hydrogens is 230 g/mol. The molecule has 0 aromatic carbocycles. The average molecular weight is 253 g/mol. The Hall–Kier alpha value is -0.450. The van der Waals surface area contributed by atoms with E-state index in [1.165, 1.54) is 43.8 Å². The van der Waals surface area contributed by atoms with Gasteiger partial charge in [0.1, 0.15) is 5.01 Å². The third kappa shape index (κ3) is 3.76. The molecule has 0 aliphatic carbocycles. The molecule has 2 N–H and O–H groups in total. The number of hydrogen-bond acceptors (Lipinski definition) is 4. The topological polar surface area (TPSA) is 37.0 Å². The molecule has 1 aromatic rings. The second kappa shape index (κ2) is 6.47. The molecule has 1 aliphatic rings. The van der Waals surface area contributed by atoms with E-state index in [9.17, 15) is 0 Å². The fraction of sp³-hybridized carbons (Fsp3) is 0.769. The summed E-state index contributed by atoms with van der Waals surface area (Å²) in [5, 5.41) is 10.4. The SMILES string of the molecule is CCCC1(CNCc2nccs2)CCCNC1. The first kappa shape index (κ1) is 13.0. The largest absolute Gasteiger partial charge is 0.316 e. The summed E-state index contributed by atoms with van der Waals surface area (Å²) in [5.74, 6) is 0. The standard InChI is InChI=1S/C13H23N3S/c1-2-4-13(5-3-6-14-10-13)11-15-9-12-16-7-8-17-12/h7-8,14-15H,2-6,9-11H2,1H3. The van der Waals surface area contributed by atoms with Crippen LogP contribution in [0.2, 0.25) is 0 Å². The van der Waals surface area contributed by atoms with Crippen molar-refractivity contribution < 1.29 is 0 Å². The summed E-state index contributed by atoms with van der Waals surface area (Å²) in [7, 11) is 0. The van der Waals surface area contributed by atoms with E-state index in [1.54, 1.807) is 11.3 Å². The molecule has 1 saturated heterocycles. The molecule has 0 amide bonds. The monoisotopic (exact) mass is 253 g/mol. The van der Waals surface area contributed by atoms with Gasteiger partial charge < -0.3 is 10.6 Å². The summed E-state index contributed by atoms with van der Waals surface area (Å²) in [6.45, 7) is 6.69. The predicted molar refractivity (Wildman–Crippen MR) is 73.3 cm³/mol. The summed E-state index contributed by atoms with van der Waals surface area (Å²) in [6, 6.07) is 0. The molecule has 17 heavy (non-hydrogen) atoms. The summed E-state index contributed by atoms with van der Waals surface area (Å²) >= 11 is 1.73. The normalized spacial score (nSPS) is 25.0. The molecule has 1 fully saturated rings. The van der Waals surface area contributed by atoms with E-state index < -0.39 is 0 Å². The summed E-state index contributed by atoms with van der Waals surface area (Å²) in [5.41, 5.74) is 0.476. The van der Waals surface area contributed by atoms with E-state index in [2.05, 4.69) is 22.5 Å². The van der Waals surface area contributed by atoms with E-state index in [-0.39, 0.29) is 0 Å². The lowest BCUT2D eigenvalue weighted by Crippen LogP contribution is -2.46. The highest BCUT2D eigenvalue weighted by Gasteiger charge is 2.30. The lowest BCUT2D eigenvalue weighted by Gasteiger charge is -2.38. The minimum atomic E-state index is 0.476. The fourth-order valence-corrected chi connectivity index (χ4v) is 3.37. The van der Waals surface area contributed by atoms with Crippen LogP contribution in [0.5, 0.6) is 0 Å². The van der Waals surface area contributed by atoms with Gasteiger partial charge in [-0.1, -0.05) is 13.3 Å². The van der Waals surface area contributed by atoms with Gasteiger partial charge in [-0.2, -0.15) is 0 Å². The van der Waals surface area contributed by atoms with Crippen LogP contribution < -0.4 is 10.6 Å². The van der Waals surface area contributed by atoms with Crippen LogP contribution in [0.1, 0.15) is 37.6 Å². The highest BCUT2D eigenvalue weighted by atomic mass is 32.1. The Morgan fingerprint density at radius 1 is 1.59 bits per heavy atom. The van der Waals surface area contributed by atoms with Crippen molar-refractivity contribution in [1.29, 1.82) is 0 Å². The summed E-state index contributed by atoms with van der Waals surface area (Å²) in [6.07, 6.45) is 7.16. The smallest absolute Gasteiger partial charge is 0.106 e. The first-order chi connectivity index (χ1) is 8.35. The van der Waals surface area contributed by atoms with Crippen molar-refractivity contribution in [3.8, 4) is 0 Å². The van der Waals surface area contributed by atoms with Crippen LogP contribution in [0.25, 0.3) is 0 Å². The van der Waals surface area contributed by atoms with Crippen LogP contribution in [0.4, 0.5) is 0 Å². The lowest BCUT2D eigenvalue weighted by molar-refractivity contribution is 0.182. The highest BCUT2D eigenvalue weighted by molar-refractivity contribution is 7.09. The van der Waals surface area contributed by atoms with Crippen LogP contribution in [0.15, 0.2) is 11.6 Å². The maximum Gasteiger partial charge on any atom is 0.106 e. The maximum atomic E-state index is 4.31. The molecule has 96 valence electrons. The van der Waals surface area contributed by atoms with Crippen LogP contribution in [-0.4, -0.2) is 24.6 Å². The minimum Gasteiger partial charge on any atom is -0.316 e. The number of nitrogens with zero attached hydrogens (tertiary/aromatic N) is 1. The third-order valence-electron chi connectivity index (χ3n) is 3.60. The predicted octanol–water partition coefficient (Wildman–Crippen LogP) is 2.40. The van der Waals surface area contributed by atoms with Gasteiger partial charge in [-0.3, -0.25) is 0 Å². The molecule has 3 nitrogen and oxygen atoms in total. The molecule has 1 unspecified atom stereocenters. The molecule has 1 aliphatic heterocycles. The Labute approximate surface area is 108 Å². The number of nitrogens with one attached hydrogen (secondary N) is 2. The maximum absolute atomic E-state index is 4.31. The van der Waals surface area contributed by atoms with Gasteiger partial charge in [0.2, 0.25) is 0 Å². The number of rotatable bonds is 6. The van der Waals surface area contributed by atoms with Gasteiger partial charge >= 0.3 is 0 Å². The Kier molecular flexibility index (Phi) is 4.95. The van der Waals surface area contributed by atoms with Gasteiger partial charge in [0.05, 0.1) is 0 Å². The molecule has 0 spiro atoms. The lowest BCUT2D eigenvalue weighted by atomic mass is 9.77. The van der Waals surface area contributed by atoms with Gasteiger partial charge in [0.25, 0.3) is 0 Å². The van der Waals surface area contributed by atoms with Crippen molar-refractivity contribution in [3.63, 3.8) is 0 Å². The molecule has 1 atom stereocenters. The molecule has 4 heteroatoms. The fourth-order valence-electron chi connectivity index (χ4n) is 2.79. The van der Waals surface area contributed by atoms with Gasteiger partial charge in [-0.15, -0.1) is 11.3 Å². The first-order valence-corrected chi connectivity index (χ1v) is 7.52. The quantitative estimate of drug-likeness (QED) is 0.817. The van der Waals surface area contributed by atoms with Crippen molar-refractivity contribution in [2.45, 2.75) is 39.2 Å². The number of piperidine rings is 1. The van der Waals surface area contributed by atoms with Crippen molar-refractivity contribution in [2.75, 3.05) is 19.6 Å². The van der Waals surface area contributed by atoms with Crippen LogP contribution in [0, 0.1) is 5.41 Å². The van der Waals surface area contributed by atoms with E-state index in [1.807, 2.05) is 11.6 Å². The molecule has 2 heterocycles. The molecule has 1 aromatic heterocycles. The van der Waals surface area contributed by atoms with Gasteiger partial charge in [0.15, 0.2) is 0 Å². The van der Waals surface area contributed by atoms with Crippen LogP contribution >= 0.6 is 11.3 Å². The highest BCUT2D eigenvalue weighted by Crippen LogP contribution is 2.30. The minimum absolute atomic E-state index is 0.476.